The molecular formula is C32H20O6. The number of carbonyl (C=O) groups excluding carboxylic acids is 3. The van der Waals surface area contributed by atoms with Gasteiger partial charge in [0, 0.05) is 41.3 Å². The second kappa shape index (κ2) is 7.76. The van der Waals surface area contributed by atoms with Gasteiger partial charge in [-0.2, -0.15) is 0 Å². The molecule has 0 radical (unpaired) electrons. The average molecular weight is 501 g/mol. The molecule has 2 aliphatic rings. The third-order valence-corrected chi connectivity index (χ3v) is 7.30. The highest BCUT2D eigenvalue weighted by molar-refractivity contribution is 6.10. The monoisotopic (exact) mass is 500 g/mol. The normalized spacial score (nSPS) is 16.7. The summed E-state index contributed by atoms with van der Waals surface area (Å²) in [6.07, 6.45) is 0. The third-order valence-electron chi connectivity index (χ3n) is 7.30. The summed E-state index contributed by atoms with van der Waals surface area (Å²) < 4.78 is 17.6. The highest BCUT2D eigenvalue weighted by Crippen LogP contribution is 2.61. The van der Waals surface area contributed by atoms with Gasteiger partial charge in [-0.15, -0.1) is 0 Å². The zero-order valence-electron chi connectivity index (χ0n) is 20.5. The first-order valence-corrected chi connectivity index (χ1v) is 12.2. The Balaban J connectivity index is 1.65. The van der Waals surface area contributed by atoms with E-state index in [4.69, 9.17) is 14.2 Å². The van der Waals surface area contributed by atoms with Crippen molar-refractivity contribution in [3.05, 3.63) is 107 Å². The number of hydrogen-bond acceptors (Lipinski definition) is 6. The molecule has 0 spiro atoms. The van der Waals surface area contributed by atoms with E-state index >= 15 is 0 Å². The predicted octanol–water partition coefficient (Wildman–Crippen LogP) is 6.29. The molecule has 184 valence electrons. The first kappa shape index (κ1) is 22.2. The molecule has 5 aromatic rings. The molecule has 0 bridgehead atoms. The highest BCUT2D eigenvalue weighted by atomic mass is 16.6. The van der Waals surface area contributed by atoms with Gasteiger partial charge in [0.1, 0.15) is 11.5 Å². The average Bonchev–Trinajstić information content (AvgIpc) is 3.36. The summed E-state index contributed by atoms with van der Waals surface area (Å²) in [7, 11) is 0. The van der Waals surface area contributed by atoms with E-state index in [1.54, 1.807) is 12.1 Å². The second-order valence-electron chi connectivity index (χ2n) is 9.49. The summed E-state index contributed by atoms with van der Waals surface area (Å²) in [5.74, 6) is -0.371. The van der Waals surface area contributed by atoms with Crippen LogP contribution in [0.25, 0.3) is 32.7 Å². The van der Waals surface area contributed by atoms with Crippen molar-refractivity contribution in [2.75, 3.05) is 0 Å². The second-order valence-corrected chi connectivity index (χ2v) is 9.49. The lowest BCUT2D eigenvalue weighted by atomic mass is 9.79. The zero-order valence-corrected chi connectivity index (χ0v) is 20.5. The van der Waals surface area contributed by atoms with E-state index in [1.165, 1.54) is 13.8 Å². The summed E-state index contributed by atoms with van der Waals surface area (Å²) in [6.45, 7) is 2.74. The van der Waals surface area contributed by atoms with Crippen molar-refractivity contribution >= 4 is 39.5 Å². The molecule has 0 fully saturated rings. The Morgan fingerprint density at radius 1 is 0.632 bits per heavy atom. The van der Waals surface area contributed by atoms with Crippen LogP contribution in [0.3, 0.4) is 0 Å². The Morgan fingerprint density at radius 3 is 1.95 bits per heavy atom. The van der Waals surface area contributed by atoms with Crippen LogP contribution in [0.15, 0.2) is 84.9 Å². The number of benzene rings is 5. The smallest absolute Gasteiger partial charge is 0.340 e. The van der Waals surface area contributed by atoms with Gasteiger partial charge in [-0.3, -0.25) is 9.59 Å². The molecular weight excluding hydrogens is 480 g/mol. The quantitative estimate of drug-likeness (QED) is 0.214. The predicted molar refractivity (Wildman–Crippen MR) is 141 cm³/mol. The van der Waals surface area contributed by atoms with Gasteiger partial charge in [0.05, 0.1) is 5.56 Å². The molecule has 6 nitrogen and oxygen atoms in total. The molecule has 38 heavy (non-hydrogen) atoms. The molecule has 7 rings (SSSR count). The molecule has 0 aromatic heterocycles. The number of ether oxygens (including phenoxy) is 3. The van der Waals surface area contributed by atoms with Crippen LogP contribution in [0.2, 0.25) is 0 Å². The first-order chi connectivity index (χ1) is 18.4. The zero-order chi connectivity index (χ0) is 26.2. The van der Waals surface area contributed by atoms with Gasteiger partial charge in [0.2, 0.25) is 0 Å². The Kier molecular flexibility index (Phi) is 4.54. The van der Waals surface area contributed by atoms with Crippen molar-refractivity contribution in [1.29, 1.82) is 0 Å². The van der Waals surface area contributed by atoms with Gasteiger partial charge < -0.3 is 14.2 Å². The topological polar surface area (TPSA) is 78.9 Å². The molecule has 1 aliphatic carbocycles. The van der Waals surface area contributed by atoms with E-state index in [0.29, 0.717) is 17.1 Å². The fourth-order valence-electron chi connectivity index (χ4n) is 6.07. The molecule has 0 amide bonds. The summed E-state index contributed by atoms with van der Waals surface area (Å²) in [6, 6.07) is 26.3. The number of fused-ring (bicyclic) bond motifs is 6. The lowest BCUT2D eigenvalue weighted by Gasteiger charge is -2.30. The van der Waals surface area contributed by atoms with Gasteiger partial charge in [0.25, 0.3) is 0 Å². The molecule has 0 saturated carbocycles. The molecule has 1 atom stereocenters. The van der Waals surface area contributed by atoms with Gasteiger partial charge in [0.15, 0.2) is 5.60 Å². The van der Waals surface area contributed by atoms with Crippen molar-refractivity contribution < 1.29 is 28.6 Å². The molecule has 1 unspecified atom stereocenters. The number of rotatable bonds is 3. The maximum atomic E-state index is 13.4. The number of hydrogen-bond donors (Lipinski definition) is 0. The van der Waals surface area contributed by atoms with Crippen LogP contribution in [0, 0.1) is 0 Å². The van der Waals surface area contributed by atoms with Crippen molar-refractivity contribution in [2.45, 2.75) is 19.4 Å². The molecule has 1 aliphatic heterocycles. The van der Waals surface area contributed by atoms with Crippen molar-refractivity contribution in [3.63, 3.8) is 0 Å². The van der Waals surface area contributed by atoms with E-state index in [9.17, 15) is 14.4 Å². The van der Waals surface area contributed by atoms with E-state index in [1.807, 2.05) is 72.8 Å². The van der Waals surface area contributed by atoms with Crippen LogP contribution >= 0.6 is 0 Å². The minimum absolute atomic E-state index is 0.409. The Hall–Kier alpha value is -4.97. The molecule has 6 heteroatoms. The van der Waals surface area contributed by atoms with Gasteiger partial charge in [-0.1, -0.05) is 60.7 Å². The van der Waals surface area contributed by atoms with Crippen LogP contribution < -0.4 is 9.47 Å². The standard InChI is InChI=1S/C32H20O6/c1-17(33)36-27-15-14-26(19-8-3-4-9-20(19)27)32-29-23(12-7-13-24(29)31(35)38-32)25-16-28(37-18(2)34)21-10-5-6-11-22(21)30(25)32/h3-16H,1-2H3. The van der Waals surface area contributed by atoms with Crippen LogP contribution in [-0.2, 0) is 19.9 Å². The Morgan fingerprint density at radius 2 is 1.24 bits per heavy atom. The molecule has 5 aromatic carbocycles. The summed E-state index contributed by atoms with van der Waals surface area (Å²) in [5, 5.41) is 3.07. The summed E-state index contributed by atoms with van der Waals surface area (Å²) >= 11 is 0. The van der Waals surface area contributed by atoms with Crippen LogP contribution in [0.5, 0.6) is 11.5 Å². The van der Waals surface area contributed by atoms with E-state index in [2.05, 4.69) is 0 Å². The maximum Gasteiger partial charge on any atom is 0.340 e. The van der Waals surface area contributed by atoms with Crippen LogP contribution in [-0.4, -0.2) is 17.9 Å². The van der Waals surface area contributed by atoms with Gasteiger partial charge >= 0.3 is 17.9 Å². The van der Waals surface area contributed by atoms with E-state index in [-0.39, 0.29) is 0 Å². The van der Waals surface area contributed by atoms with Crippen molar-refractivity contribution in [3.8, 4) is 22.6 Å². The molecule has 0 N–H and O–H groups in total. The van der Waals surface area contributed by atoms with Crippen molar-refractivity contribution in [1.82, 2.24) is 0 Å². The number of esters is 3. The molecule has 0 saturated heterocycles. The molecule has 1 heterocycles. The lowest BCUT2D eigenvalue weighted by Crippen LogP contribution is -2.28. The van der Waals surface area contributed by atoms with Gasteiger partial charge in [-0.25, -0.2) is 4.79 Å². The SMILES string of the molecule is CC(=O)Oc1ccc(C23OC(=O)c4cccc(c42)-c2cc(OC(C)=O)c4ccccc4c23)c2ccccc12. The summed E-state index contributed by atoms with van der Waals surface area (Å²) in [4.78, 5) is 37.2. The fraction of sp³-hybridized carbons (Fsp3) is 0.0938. The third kappa shape index (κ3) is 2.85. The Labute approximate surface area is 217 Å². The Bertz CT molecular complexity index is 1890. The van der Waals surface area contributed by atoms with Gasteiger partial charge in [-0.05, 0) is 46.2 Å². The van der Waals surface area contributed by atoms with E-state index < -0.39 is 23.5 Å². The van der Waals surface area contributed by atoms with Crippen molar-refractivity contribution in [2.24, 2.45) is 0 Å². The highest BCUT2D eigenvalue weighted by Gasteiger charge is 2.56. The largest absolute Gasteiger partial charge is 0.440 e. The fourth-order valence-corrected chi connectivity index (χ4v) is 6.07. The van der Waals surface area contributed by atoms with Crippen LogP contribution in [0.1, 0.15) is 40.9 Å². The first-order valence-electron chi connectivity index (χ1n) is 12.2. The summed E-state index contributed by atoms with van der Waals surface area (Å²) in [5.41, 5.74) is 3.24. The minimum atomic E-state index is -1.25. The minimum Gasteiger partial charge on any atom is -0.440 e. The van der Waals surface area contributed by atoms with Crippen LogP contribution in [0.4, 0.5) is 0 Å². The number of carbonyl (C=O) groups is 3. The lowest BCUT2D eigenvalue weighted by molar-refractivity contribution is -0.132. The maximum absolute atomic E-state index is 13.4. The van der Waals surface area contributed by atoms with E-state index in [0.717, 1.165) is 49.4 Å².